The van der Waals surface area contributed by atoms with Crippen molar-refractivity contribution in [2.45, 2.75) is 6.92 Å². The third kappa shape index (κ3) is 3.54. The highest BCUT2D eigenvalue weighted by atomic mass is 16.5. The SMILES string of the molecule is C=C(C)C(=O)Oc1ccc2cc(-c3ccc(OC=O)cc3)c(=O)oc2c1. The van der Waals surface area contributed by atoms with Crippen molar-refractivity contribution in [1.82, 2.24) is 0 Å². The fraction of sp³-hybridized carbons (Fsp3) is 0.0500. The molecule has 0 N–H and O–H groups in total. The molecular formula is C20H14O6. The number of benzene rings is 2. The molecule has 130 valence electrons. The van der Waals surface area contributed by atoms with Crippen molar-refractivity contribution in [3.05, 3.63) is 71.1 Å². The number of fused-ring (bicyclic) bond motifs is 1. The van der Waals surface area contributed by atoms with Gasteiger partial charge >= 0.3 is 11.6 Å². The molecule has 0 bridgehead atoms. The predicted octanol–water partition coefficient (Wildman–Crippen LogP) is 3.48. The number of carbonyl (C=O) groups excluding carboxylic acids is 2. The van der Waals surface area contributed by atoms with E-state index in [2.05, 4.69) is 6.58 Å². The summed E-state index contributed by atoms with van der Waals surface area (Å²) in [6.45, 7) is 5.39. The minimum Gasteiger partial charge on any atom is -0.429 e. The van der Waals surface area contributed by atoms with Crippen LogP contribution in [0.25, 0.3) is 22.1 Å². The first kappa shape index (κ1) is 17.2. The van der Waals surface area contributed by atoms with Crippen LogP contribution < -0.4 is 15.1 Å². The van der Waals surface area contributed by atoms with Crippen molar-refractivity contribution in [3.8, 4) is 22.6 Å². The summed E-state index contributed by atoms with van der Waals surface area (Å²) in [6.07, 6.45) is 0. The Balaban J connectivity index is 1.97. The lowest BCUT2D eigenvalue weighted by Crippen LogP contribution is -2.08. The smallest absolute Gasteiger partial charge is 0.344 e. The van der Waals surface area contributed by atoms with Crippen LogP contribution in [0.4, 0.5) is 0 Å². The van der Waals surface area contributed by atoms with Crippen molar-refractivity contribution >= 4 is 23.4 Å². The molecule has 0 aliphatic heterocycles. The summed E-state index contributed by atoms with van der Waals surface area (Å²) >= 11 is 0. The second kappa shape index (κ2) is 7.06. The molecule has 0 radical (unpaired) electrons. The molecule has 6 heteroatoms. The maximum Gasteiger partial charge on any atom is 0.344 e. The topological polar surface area (TPSA) is 82.8 Å². The third-order valence-electron chi connectivity index (χ3n) is 3.62. The molecule has 0 amide bonds. The first-order chi connectivity index (χ1) is 12.5. The predicted molar refractivity (Wildman–Crippen MR) is 95.1 cm³/mol. The summed E-state index contributed by atoms with van der Waals surface area (Å²) in [7, 11) is 0. The van der Waals surface area contributed by atoms with Crippen molar-refractivity contribution in [3.63, 3.8) is 0 Å². The van der Waals surface area contributed by atoms with Gasteiger partial charge in [-0.3, -0.25) is 4.79 Å². The van der Waals surface area contributed by atoms with Gasteiger partial charge in [0, 0.05) is 17.0 Å². The van der Waals surface area contributed by atoms with Gasteiger partial charge in [-0.05, 0) is 42.8 Å². The second-order valence-corrected chi connectivity index (χ2v) is 5.56. The Hall–Kier alpha value is -3.67. The number of rotatable bonds is 5. The number of esters is 1. The van der Waals surface area contributed by atoms with E-state index < -0.39 is 11.6 Å². The molecule has 2 aromatic carbocycles. The van der Waals surface area contributed by atoms with Crippen LogP contribution in [0.2, 0.25) is 0 Å². The van der Waals surface area contributed by atoms with E-state index in [0.717, 1.165) is 0 Å². The lowest BCUT2D eigenvalue weighted by atomic mass is 10.1. The van der Waals surface area contributed by atoms with Gasteiger partial charge in [-0.15, -0.1) is 0 Å². The summed E-state index contributed by atoms with van der Waals surface area (Å²) in [6, 6.07) is 12.9. The monoisotopic (exact) mass is 350 g/mol. The molecule has 0 atom stereocenters. The van der Waals surface area contributed by atoms with Gasteiger partial charge in [0.15, 0.2) is 0 Å². The fourth-order valence-electron chi connectivity index (χ4n) is 2.32. The summed E-state index contributed by atoms with van der Waals surface area (Å²) in [5.74, 6) is 0.0793. The molecule has 6 nitrogen and oxygen atoms in total. The molecule has 0 spiro atoms. The molecule has 0 aliphatic carbocycles. The molecule has 0 aliphatic rings. The van der Waals surface area contributed by atoms with Crippen molar-refractivity contribution < 1.29 is 23.5 Å². The maximum absolute atomic E-state index is 12.3. The summed E-state index contributed by atoms with van der Waals surface area (Å²) in [5.41, 5.74) is 1.01. The van der Waals surface area contributed by atoms with Crippen molar-refractivity contribution in [2.75, 3.05) is 0 Å². The van der Waals surface area contributed by atoms with Crippen LogP contribution in [0.3, 0.4) is 0 Å². The zero-order valence-electron chi connectivity index (χ0n) is 13.9. The average Bonchev–Trinajstić information content (AvgIpc) is 2.62. The van der Waals surface area contributed by atoms with Gasteiger partial charge in [-0.2, -0.15) is 0 Å². The third-order valence-corrected chi connectivity index (χ3v) is 3.62. The summed E-state index contributed by atoms with van der Waals surface area (Å²) < 4.78 is 15.2. The van der Waals surface area contributed by atoms with Gasteiger partial charge in [0.25, 0.3) is 6.47 Å². The van der Waals surface area contributed by atoms with Gasteiger partial charge < -0.3 is 13.9 Å². The zero-order chi connectivity index (χ0) is 18.7. The van der Waals surface area contributed by atoms with Crippen LogP contribution in [-0.2, 0) is 9.59 Å². The number of carbonyl (C=O) groups is 2. The van der Waals surface area contributed by atoms with E-state index in [1.165, 1.54) is 6.07 Å². The first-order valence-corrected chi connectivity index (χ1v) is 7.64. The van der Waals surface area contributed by atoms with Crippen LogP contribution in [0, 0.1) is 0 Å². The van der Waals surface area contributed by atoms with Crippen LogP contribution in [0.15, 0.2) is 69.9 Å². The molecule has 0 saturated heterocycles. The van der Waals surface area contributed by atoms with Crippen LogP contribution >= 0.6 is 0 Å². The number of ether oxygens (including phenoxy) is 2. The average molecular weight is 350 g/mol. The van der Waals surface area contributed by atoms with Gasteiger partial charge in [-0.25, -0.2) is 9.59 Å². The molecule has 26 heavy (non-hydrogen) atoms. The fourth-order valence-corrected chi connectivity index (χ4v) is 2.32. The van der Waals surface area contributed by atoms with Crippen LogP contribution in [0.5, 0.6) is 11.5 Å². The van der Waals surface area contributed by atoms with Crippen LogP contribution in [0.1, 0.15) is 6.92 Å². The first-order valence-electron chi connectivity index (χ1n) is 7.64. The molecule has 1 heterocycles. The zero-order valence-corrected chi connectivity index (χ0v) is 13.9. The van der Waals surface area contributed by atoms with E-state index in [1.807, 2.05) is 0 Å². The van der Waals surface area contributed by atoms with Gasteiger partial charge in [0.05, 0.1) is 5.56 Å². The minimum absolute atomic E-state index is 0.261. The Morgan fingerprint density at radius 2 is 1.77 bits per heavy atom. The van der Waals surface area contributed by atoms with E-state index in [0.29, 0.717) is 34.3 Å². The molecule has 0 fully saturated rings. The molecule has 1 aromatic heterocycles. The Kier molecular flexibility index (Phi) is 4.66. The molecule has 0 saturated carbocycles. The standard InChI is InChI=1S/C20H14O6/c1-12(2)19(22)25-16-8-5-14-9-17(20(23)26-18(14)10-16)13-3-6-15(7-4-13)24-11-21/h3-11H,1H2,2H3. The minimum atomic E-state index is -0.555. The Labute approximate surface area is 148 Å². The quantitative estimate of drug-likeness (QED) is 0.230. The molecular weight excluding hydrogens is 336 g/mol. The number of hydrogen-bond acceptors (Lipinski definition) is 6. The Morgan fingerprint density at radius 3 is 2.42 bits per heavy atom. The highest BCUT2D eigenvalue weighted by Crippen LogP contribution is 2.26. The Morgan fingerprint density at radius 1 is 1.08 bits per heavy atom. The van der Waals surface area contributed by atoms with Gasteiger partial charge in [0.2, 0.25) is 0 Å². The molecule has 3 rings (SSSR count). The van der Waals surface area contributed by atoms with Crippen molar-refractivity contribution in [2.24, 2.45) is 0 Å². The van der Waals surface area contributed by atoms with Crippen molar-refractivity contribution in [1.29, 1.82) is 0 Å². The molecule has 0 unspecified atom stereocenters. The largest absolute Gasteiger partial charge is 0.429 e. The lowest BCUT2D eigenvalue weighted by Gasteiger charge is -2.06. The highest BCUT2D eigenvalue weighted by Gasteiger charge is 2.11. The van der Waals surface area contributed by atoms with E-state index in [-0.39, 0.29) is 11.3 Å². The maximum atomic E-state index is 12.3. The summed E-state index contributed by atoms with van der Waals surface area (Å²) in [4.78, 5) is 34.2. The lowest BCUT2D eigenvalue weighted by molar-refractivity contribution is -0.130. The van der Waals surface area contributed by atoms with E-state index in [4.69, 9.17) is 13.9 Å². The van der Waals surface area contributed by atoms with Gasteiger partial charge in [-0.1, -0.05) is 18.7 Å². The van der Waals surface area contributed by atoms with Crippen LogP contribution in [-0.4, -0.2) is 12.4 Å². The Bertz CT molecular complexity index is 1060. The second-order valence-electron chi connectivity index (χ2n) is 5.56. The highest BCUT2D eigenvalue weighted by molar-refractivity contribution is 5.90. The van der Waals surface area contributed by atoms with E-state index in [1.54, 1.807) is 49.4 Å². The number of hydrogen-bond donors (Lipinski definition) is 0. The normalized spacial score (nSPS) is 10.3. The van der Waals surface area contributed by atoms with Gasteiger partial charge in [0.1, 0.15) is 17.1 Å². The summed E-state index contributed by atoms with van der Waals surface area (Å²) in [5, 5.41) is 0.669. The van der Waals surface area contributed by atoms with E-state index >= 15 is 0 Å². The molecule has 3 aromatic rings. The van der Waals surface area contributed by atoms with E-state index in [9.17, 15) is 14.4 Å².